The van der Waals surface area contributed by atoms with Crippen LogP contribution in [0.3, 0.4) is 0 Å². The maximum Gasteiger partial charge on any atom is 0.0924 e. The minimum absolute atomic E-state index is 0.184. The summed E-state index contributed by atoms with van der Waals surface area (Å²) in [5.41, 5.74) is 6.79. The molecule has 0 bridgehead atoms. The van der Waals surface area contributed by atoms with Gasteiger partial charge >= 0.3 is 0 Å². The highest BCUT2D eigenvalue weighted by atomic mass is 15.2. The van der Waals surface area contributed by atoms with E-state index in [0.29, 0.717) is 6.42 Å². The average molecular weight is 248 g/mol. The number of hydrogen-bond donors (Lipinski definition) is 2. The summed E-state index contributed by atoms with van der Waals surface area (Å²) in [4.78, 5) is 4.42. The summed E-state index contributed by atoms with van der Waals surface area (Å²) in [6, 6.07) is 10.4. The first-order chi connectivity index (χ1) is 8.50. The van der Waals surface area contributed by atoms with Crippen molar-refractivity contribution in [2.45, 2.75) is 12.5 Å². The van der Waals surface area contributed by atoms with E-state index in [2.05, 4.69) is 43.1 Å². The van der Waals surface area contributed by atoms with Crippen LogP contribution in [0.15, 0.2) is 30.3 Å². The molecular formula is C14H24N4. The molecule has 0 fully saturated rings. The highest BCUT2D eigenvalue weighted by molar-refractivity contribution is 5.77. The van der Waals surface area contributed by atoms with Gasteiger partial charge in [0.05, 0.1) is 5.84 Å². The molecule has 18 heavy (non-hydrogen) atoms. The van der Waals surface area contributed by atoms with Crippen molar-refractivity contribution in [3.05, 3.63) is 35.9 Å². The van der Waals surface area contributed by atoms with E-state index in [1.807, 2.05) is 18.2 Å². The second-order valence-electron chi connectivity index (χ2n) is 4.94. The fourth-order valence-corrected chi connectivity index (χ4v) is 1.93. The molecule has 4 nitrogen and oxygen atoms in total. The third kappa shape index (κ3) is 4.85. The molecule has 1 unspecified atom stereocenters. The normalized spacial score (nSPS) is 12.9. The molecule has 4 heteroatoms. The van der Waals surface area contributed by atoms with Gasteiger partial charge in [-0.05, 0) is 26.7 Å². The van der Waals surface area contributed by atoms with Gasteiger partial charge in [-0.15, -0.1) is 0 Å². The fraction of sp³-hybridized carbons (Fsp3) is 0.500. The van der Waals surface area contributed by atoms with E-state index in [9.17, 15) is 0 Å². The van der Waals surface area contributed by atoms with Crippen molar-refractivity contribution >= 4 is 5.84 Å². The number of hydrogen-bond acceptors (Lipinski definition) is 3. The van der Waals surface area contributed by atoms with Crippen LogP contribution in [0.25, 0.3) is 0 Å². The van der Waals surface area contributed by atoms with E-state index in [0.717, 1.165) is 13.1 Å². The molecule has 1 atom stereocenters. The van der Waals surface area contributed by atoms with Gasteiger partial charge in [0.25, 0.3) is 0 Å². The minimum atomic E-state index is 0.184. The first-order valence-corrected chi connectivity index (χ1v) is 6.23. The van der Waals surface area contributed by atoms with Crippen LogP contribution in [0, 0.1) is 5.41 Å². The van der Waals surface area contributed by atoms with E-state index >= 15 is 0 Å². The number of benzene rings is 1. The summed E-state index contributed by atoms with van der Waals surface area (Å²) in [5, 5.41) is 7.52. The van der Waals surface area contributed by atoms with Gasteiger partial charge in [-0.2, -0.15) is 0 Å². The lowest BCUT2D eigenvalue weighted by atomic mass is 10.0. The van der Waals surface area contributed by atoms with Crippen molar-refractivity contribution < 1.29 is 0 Å². The van der Waals surface area contributed by atoms with Crippen LogP contribution < -0.4 is 5.73 Å². The quantitative estimate of drug-likeness (QED) is 0.568. The summed E-state index contributed by atoms with van der Waals surface area (Å²) in [7, 11) is 6.22. The molecule has 1 aromatic rings. The zero-order valence-electron chi connectivity index (χ0n) is 11.6. The van der Waals surface area contributed by atoms with Crippen LogP contribution in [-0.4, -0.2) is 49.9 Å². The van der Waals surface area contributed by atoms with E-state index < -0.39 is 0 Å². The zero-order valence-corrected chi connectivity index (χ0v) is 11.6. The fourth-order valence-electron chi connectivity index (χ4n) is 1.93. The highest BCUT2D eigenvalue weighted by Crippen LogP contribution is 2.22. The van der Waals surface area contributed by atoms with Gasteiger partial charge in [-0.1, -0.05) is 30.3 Å². The van der Waals surface area contributed by atoms with Crippen molar-refractivity contribution in [3.8, 4) is 0 Å². The molecule has 100 valence electrons. The van der Waals surface area contributed by atoms with Gasteiger partial charge in [-0.25, -0.2) is 0 Å². The van der Waals surface area contributed by atoms with Crippen LogP contribution in [-0.2, 0) is 0 Å². The maximum atomic E-state index is 7.52. The van der Waals surface area contributed by atoms with E-state index in [-0.39, 0.29) is 11.9 Å². The molecule has 0 heterocycles. The van der Waals surface area contributed by atoms with E-state index in [1.165, 1.54) is 5.56 Å². The molecule has 0 saturated carbocycles. The van der Waals surface area contributed by atoms with Gasteiger partial charge in [0.2, 0.25) is 0 Å². The first kappa shape index (κ1) is 14.7. The molecule has 1 aromatic carbocycles. The predicted molar refractivity (Wildman–Crippen MR) is 76.9 cm³/mol. The van der Waals surface area contributed by atoms with E-state index in [4.69, 9.17) is 11.1 Å². The molecule has 0 aliphatic carbocycles. The molecule has 3 N–H and O–H groups in total. The van der Waals surface area contributed by atoms with Crippen molar-refractivity contribution in [2.75, 3.05) is 34.2 Å². The van der Waals surface area contributed by atoms with Crippen LogP contribution in [0.1, 0.15) is 18.0 Å². The topological polar surface area (TPSA) is 56.4 Å². The van der Waals surface area contributed by atoms with E-state index in [1.54, 1.807) is 0 Å². The van der Waals surface area contributed by atoms with Crippen LogP contribution in [0.4, 0.5) is 0 Å². The molecule has 0 aliphatic rings. The summed E-state index contributed by atoms with van der Waals surface area (Å²) in [6.07, 6.45) is 0.577. The average Bonchev–Trinajstić information content (AvgIpc) is 2.34. The highest BCUT2D eigenvalue weighted by Gasteiger charge is 2.17. The molecular weight excluding hydrogens is 224 g/mol. The van der Waals surface area contributed by atoms with Crippen molar-refractivity contribution in [1.29, 1.82) is 5.41 Å². The Morgan fingerprint density at radius 3 is 2.28 bits per heavy atom. The molecule has 0 radical (unpaired) electrons. The Hall–Kier alpha value is -1.39. The second kappa shape index (κ2) is 7.13. The Labute approximate surface area is 110 Å². The molecule has 0 amide bonds. The first-order valence-electron chi connectivity index (χ1n) is 6.23. The van der Waals surface area contributed by atoms with Gasteiger partial charge in [-0.3, -0.25) is 10.3 Å². The summed E-state index contributed by atoms with van der Waals surface area (Å²) in [6.45, 7) is 1.96. The number of likely N-dealkylation sites (N-methyl/N-ethyl adjacent to an activating group) is 2. The maximum absolute atomic E-state index is 7.52. The predicted octanol–water partition coefficient (Wildman–Crippen LogP) is 1.55. The van der Waals surface area contributed by atoms with Crippen LogP contribution in [0.2, 0.25) is 0 Å². The standard InChI is InChI=1S/C14H24N4/c1-17(2)9-10-18(3)13(11-14(15)16)12-7-5-4-6-8-12/h4-8,13H,9-11H2,1-3H3,(H3,15,16). The molecule has 0 aliphatic heterocycles. The number of rotatable bonds is 7. The number of nitrogens with two attached hydrogens (primary N) is 1. The second-order valence-corrected chi connectivity index (χ2v) is 4.94. The summed E-state index contributed by atoms with van der Waals surface area (Å²) >= 11 is 0. The third-order valence-corrected chi connectivity index (χ3v) is 3.03. The van der Waals surface area contributed by atoms with Crippen molar-refractivity contribution in [2.24, 2.45) is 5.73 Å². The van der Waals surface area contributed by atoms with Gasteiger partial charge in [0.1, 0.15) is 0 Å². The Balaban J connectivity index is 2.75. The molecule has 0 spiro atoms. The zero-order chi connectivity index (χ0) is 13.5. The van der Waals surface area contributed by atoms with Gasteiger partial charge < -0.3 is 10.6 Å². The van der Waals surface area contributed by atoms with Crippen molar-refractivity contribution in [3.63, 3.8) is 0 Å². The van der Waals surface area contributed by atoms with Gasteiger partial charge in [0, 0.05) is 25.6 Å². The monoisotopic (exact) mass is 248 g/mol. The lowest BCUT2D eigenvalue weighted by Crippen LogP contribution is -2.34. The lowest BCUT2D eigenvalue weighted by Gasteiger charge is -2.29. The Kier molecular flexibility index (Phi) is 5.82. The Morgan fingerprint density at radius 1 is 1.17 bits per heavy atom. The van der Waals surface area contributed by atoms with Crippen LogP contribution in [0.5, 0.6) is 0 Å². The number of nitrogens with one attached hydrogen (secondary N) is 1. The Morgan fingerprint density at radius 2 is 1.78 bits per heavy atom. The molecule has 0 aromatic heterocycles. The summed E-state index contributed by atoms with van der Waals surface area (Å²) < 4.78 is 0. The minimum Gasteiger partial charge on any atom is -0.388 e. The van der Waals surface area contributed by atoms with Crippen molar-refractivity contribution in [1.82, 2.24) is 9.80 Å². The largest absolute Gasteiger partial charge is 0.388 e. The third-order valence-electron chi connectivity index (χ3n) is 3.03. The summed E-state index contributed by atoms with van der Waals surface area (Å²) in [5.74, 6) is 0.237. The number of amidine groups is 1. The Bertz CT molecular complexity index is 361. The van der Waals surface area contributed by atoms with Gasteiger partial charge in [0.15, 0.2) is 0 Å². The number of nitrogens with zero attached hydrogens (tertiary/aromatic N) is 2. The molecule has 0 saturated heterocycles. The smallest absolute Gasteiger partial charge is 0.0924 e. The SMILES string of the molecule is CN(C)CCN(C)C(CC(=N)N)c1ccccc1. The molecule has 1 rings (SSSR count). The van der Waals surface area contributed by atoms with Crippen LogP contribution >= 0.6 is 0 Å². The lowest BCUT2D eigenvalue weighted by molar-refractivity contribution is 0.222.